The second kappa shape index (κ2) is 17.7. The van der Waals surface area contributed by atoms with E-state index in [1.165, 1.54) is 6.92 Å². The molecule has 0 spiro atoms. The van der Waals surface area contributed by atoms with Crippen LogP contribution in [0.5, 0.6) is 0 Å². The first-order chi connectivity index (χ1) is 21.9. The number of benzene rings is 1. The number of epoxide rings is 1. The highest BCUT2D eigenvalue weighted by Crippen LogP contribution is 2.26. The molecule has 0 unspecified atom stereocenters. The van der Waals surface area contributed by atoms with Gasteiger partial charge in [-0.2, -0.15) is 0 Å². The van der Waals surface area contributed by atoms with Gasteiger partial charge in [0.2, 0.25) is 23.6 Å². The average molecular weight is 644 g/mol. The molecule has 3 rings (SSSR count). The van der Waals surface area contributed by atoms with Gasteiger partial charge in [-0.3, -0.25) is 33.7 Å². The molecule has 4 amide bonds. The van der Waals surface area contributed by atoms with Crippen LogP contribution in [0.15, 0.2) is 30.3 Å². The summed E-state index contributed by atoms with van der Waals surface area (Å²) in [7, 11) is 0. The maximum Gasteiger partial charge on any atom is 0.320 e. The van der Waals surface area contributed by atoms with Crippen LogP contribution in [-0.4, -0.2) is 103 Å². The van der Waals surface area contributed by atoms with Crippen molar-refractivity contribution in [2.24, 2.45) is 5.92 Å². The van der Waals surface area contributed by atoms with E-state index in [2.05, 4.69) is 21.3 Å². The van der Waals surface area contributed by atoms with Gasteiger partial charge in [0.05, 0.1) is 19.7 Å². The number of rotatable bonds is 18. The lowest BCUT2D eigenvalue weighted by Crippen LogP contribution is -2.58. The zero-order valence-corrected chi connectivity index (χ0v) is 27.4. The molecular weight excluding hydrogens is 594 g/mol. The van der Waals surface area contributed by atoms with Crippen molar-refractivity contribution in [3.8, 4) is 0 Å². The highest BCUT2D eigenvalue weighted by Gasteiger charge is 2.46. The van der Waals surface area contributed by atoms with Crippen molar-refractivity contribution in [2.45, 2.75) is 89.9 Å². The highest BCUT2D eigenvalue weighted by atomic mass is 16.6. The Balaban J connectivity index is 1.68. The van der Waals surface area contributed by atoms with E-state index >= 15 is 0 Å². The van der Waals surface area contributed by atoms with Gasteiger partial charge in [0.25, 0.3) is 0 Å². The predicted octanol–water partition coefficient (Wildman–Crippen LogP) is 0.643. The number of aryl methyl sites for hydroxylation is 1. The number of hydrogen-bond acceptors (Lipinski definition) is 9. The summed E-state index contributed by atoms with van der Waals surface area (Å²) < 4.78 is 10.6. The molecule has 0 radical (unpaired) electrons. The molecule has 0 aromatic heterocycles. The number of carbonyl (C=O) groups is 6. The molecule has 0 aliphatic carbocycles. The topological polar surface area (TPSA) is 176 Å². The first-order valence-electron chi connectivity index (χ1n) is 16.1. The number of nitrogens with one attached hydrogen (secondary N) is 4. The van der Waals surface area contributed by atoms with Gasteiger partial charge < -0.3 is 30.7 Å². The Hall–Kier alpha value is -3.84. The van der Waals surface area contributed by atoms with Crippen molar-refractivity contribution >= 4 is 35.4 Å². The summed E-state index contributed by atoms with van der Waals surface area (Å²) in [5, 5.41) is 10.5. The van der Waals surface area contributed by atoms with Gasteiger partial charge in [0.15, 0.2) is 5.78 Å². The lowest BCUT2D eigenvalue weighted by Gasteiger charge is -2.27. The summed E-state index contributed by atoms with van der Waals surface area (Å²) in [4.78, 5) is 79.1. The second-order valence-corrected chi connectivity index (χ2v) is 12.7. The van der Waals surface area contributed by atoms with Crippen LogP contribution >= 0.6 is 0 Å². The Labute approximate surface area is 270 Å². The van der Waals surface area contributed by atoms with Crippen LogP contribution in [0.4, 0.5) is 0 Å². The molecular formula is C33H49N5O8. The minimum absolute atomic E-state index is 0.0221. The summed E-state index contributed by atoms with van der Waals surface area (Å²) in [6, 6.07) is 6.24. The SMILES string of the molecule is CC(=O)N[C@@H](CCc1ccccc1)C(=O)N[C@@H](CC(C)C)C(=O)N[C@@H](COC(=O)CN1CCCCC1)C(=O)NCC(=O)[C@@]1(C)CO1. The summed E-state index contributed by atoms with van der Waals surface area (Å²) >= 11 is 0. The van der Waals surface area contributed by atoms with Gasteiger partial charge >= 0.3 is 5.97 Å². The smallest absolute Gasteiger partial charge is 0.320 e. The van der Waals surface area contributed by atoms with E-state index in [9.17, 15) is 28.8 Å². The fourth-order valence-electron chi connectivity index (χ4n) is 5.17. The number of nitrogens with zero attached hydrogens (tertiary/aromatic N) is 1. The van der Waals surface area contributed by atoms with Crippen molar-refractivity contribution in [3.63, 3.8) is 0 Å². The lowest BCUT2D eigenvalue weighted by molar-refractivity contribution is -0.148. The zero-order valence-electron chi connectivity index (χ0n) is 27.4. The van der Waals surface area contributed by atoms with Crippen molar-refractivity contribution in [1.29, 1.82) is 0 Å². The Morgan fingerprint density at radius 2 is 1.52 bits per heavy atom. The largest absolute Gasteiger partial charge is 0.462 e. The normalized spacial score (nSPS) is 19.7. The van der Waals surface area contributed by atoms with Crippen LogP contribution in [0.1, 0.15) is 65.4 Å². The molecule has 46 heavy (non-hydrogen) atoms. The molecule has 2 aliphatic heterocycles. The summed E-state index contributed by atoms with van der Waals surface area (Å²) in [6.07, 6.45) is 4.15. The monoisotopic (exact) mass is 643 g/mol. The van der Waals surface area contributed by atoms with E-state index in [4.69, 9.17) is 9.47 Å². The summed E-state index contributed by atoms with van der Waals surface area (Å²) in [6.45, 7) is 7.80. The summed E-state index contributed by atoms with van der Waals surface area (Å²) in [5.74, 6) is -3.19. The minimum Gasteiger partial charge on any atom is -0.462 e. The van der Waals surface area contributed by atoms with E-state index in [1.54, 1.807) is 6.92 Å². The third-order valence-electron chi connectivity index (χ3n) is 8.03. The number of piperidine rings is 1. The van der Waals surface area contributed by atoms with Gasteiger partial charge in [-0.05, 0) is 63.6 Å². The highest BCUT2D eigenvalue weighted by molar-refractivity contribution is 5.97. The molecule has 2 saturated heterocycles. The molecule has 1 aromatic rings. The van der Waals surface area contributed by atoms with Gasteiger partial charge in [0.1, 0.15) is 30.3 Å². The van der Waals surface area contributed by atoms with Gasteiger partial charge in [-0.1, -0.05) is 50.6 Å². The van der Waals surface area contributed by atoms with E-state index in [0.717, 1.165) is 37.9 Å². The average Bonchev–Trinajstić information content (AvgIpc) is 3.78. The number of ether oxygens (including phenoxy) is 2. The Bertz CT molecular complexity index is 1210. The van der Waals surface area contributed by atoms with E-state index < -0.39 is 54.0 Å². The fraction of sp³-hybridized carbons (Fsp3) is 0.636. The minimum atomic E-state index is -1.32. The molecule has 4 atom stereocenters. The molecule has 0 bridgehead atoms. The maximum absolute atomic E-state index is 13.6. The van der Waals surface area contributed by atoms with Gasteiger partial charge in [0, 0.05) is 6.92 Å². The quantitative estimate of drug-likeness (QED) is 0.132. The molecule has 0 saturated carbocycles. The van der Waals surface area contributed by atoms with Crippen molar-refractivity contribution < 1.29 is 38.2 Å². The van der Waals surface area contributed by atoms with E-state index in [1.807, 2.05) is 49.1 Å². The first-order valence-corrected chi connectivity index (χ1v) is 16.1. The van der Waals surface area contributed by atoms with Gasteiger partial charge in [-0.15, -0.1) is 0 Å². The number of carbonyl (C=O) groups excluding carboxylic acids is 6. The molecule has 13 nitrogen and oxygen atoms in total. The molecule has 4 N–H and O–H groups in total. The van der Waals surface area contributed by atoms with Crippen molar-refractivity contribution in [1.82, 2.24) is 26.2 Å². The number of likely N-dealkylation sites (tertiary alicyclic amines) is 1. The maximum atomic E-state index is 13.6. The Morgan fingerprint density at radius 1 is 0.891 bits per heavy atom. The molecule has 2 aliphatic rings. The van der Waals surface area contributed by atoms with Crippen LogP contribution in [0.2, 0.25) is 0 Å². The predicted molar refractivity (Wildman–Crippen MR) is 169 cm³/mol. The third kappa shape index (κ3) is 12.5. The first kappa shape index (κ1) is 36.6. The Morgan fingerprint density at radius 3 is 2.13 bits per heavy atom. The number of esters is 1. The van der Waals surface area contributed by atoms with Crippen molar-refractivity contribution in [2.75, 3.05) is 39.4 Å². The van der Waals surface area contributed by atoms with Crippen LogP contribution < -0.4 is 21.3 Å². The fourth-order valence-corrected chi connectivity index (χ4v) is 5.17. The van der Waals surface area contributed by atoms with E-state index in [-0.39, 0.29) is 43.7 Å². The zero-order chi connectivity index (χ0) is 33.7. The molecule has 2 heterocycles. The number of amides is 4. The third-order valence-corrected chi connectivity index (χ3v) is 8.03. The van der Waals surface area contributed by atoms with Crippen LogP contribution in [0.3, 0.4) is 0 Å². The number of ketones is 1. The van der Waals surface area contributed by atoms with Crippen LogP contribution in [0, 0.1) is 5.92 Å². The molecule has 1 aromatic carbocycles. The molecule has 2 fully saturated rings. The molecule has 254 valence electrons. The standard InChI is InChI=1S/C33H49N5O8/c1-22(2)17-26(36-31(43)25(35-23(3)39)14-13-24-11-7-5-8-12-24)32(44)37-27(30(42)34-18-28(40)33(4)21-46-33)20-45-29(41)19-38-15-9-6-10-16-38/h5,7-8,11-12,22,25-27H,6,9-10,13-21H2,1-4H3,(H,34,42)(H,35,39)(H,36,43)(H,37,44)/t25-,26-,27-,33+/m0/s1. The summed E-state index contributed by atoms with van der Waals surface area (Å²) in [5.41, 5.74) is 0.0522. The number of Topliss-reactive ketones (excluding diaryl/α,β-unsaturated/α-hetero) is 1. The van der Waals surface area contributed by atoms with Gasteiger partial charge in [-0.25, -0.2) is 0 Å². The Kier molecular flexibility index (Phi) is 14.1. The van der Waals surface area contributed by atoms with E-state index in [0.29, 0.717) is 12.8 Å². The number of hydrogen-bond donors (Lipinski definition) is 4. The second-order valence-electron chi connectivity index (χ2n) is 12.7. The van der Waals surface area contributed by atoms with Crippen LogP contribution in [-0.2, 0) is 44.7 Å². The lowest BCUT2D eigenvalue weighted by atomic mass is 10.0. The van der Waals surface area contributed by atoms with Crippen LogP contribution in [0.25, 0.3) is 0 Å². The molecule has 13 heteroatoms. The van der Waals surface area contributed by atoms with Crippen molar-refractivity contribution in [3.05, 3.63) is 35.9 Å².